The van der Waals surface area contributed by atoms with Crippen molar-refractivity contribution >= 4 is 17.6 Å². The predicted molar refractivity (Wildman–Crippen MR) is 68.7 cm³/mol. The minimum atomic E-state index is 0.895. The van der Waals surface area contributed by atoms with Crippen LogP contribution in [0.3, 0.4) is 0 Å². The predicted octanol–water partition coefficient (Wildman–Crippen LogP) is 1.60. The summed E-state index contributed by atoms with van der Waals surface area (Å²) in [5.41, 5.74) is 1.28. The molecule has 0 aliphatic rings. The number of anilines is 1. The van der Waals surface area contributed by atoms with Crippen molar-refractivity contribution < 1.29 is 0 Å². The van der Waals surface area contributed by atoms with Crippen molar-refractivity contribution in [1.82, 2.24) is 10.3 Å². The molecular weight excluding hydrogens is 206 g/mol. The van der Waals surface area contributed by atoms with Crippen LogP contribution in [0.2, 0.25) is 0 Å². The molecular formula is C11H19N3S. The fourth-order valence-electron chi connectivity index (χ4n) is 1.33. The van der Waals surface area contributed by atoms with Crippen LogP contribution in [0.25, 0.3) is 0 Å². The Balaban J connectivity index is 2.62. The Kier molecular flexibility index (Phi) is 5.50. The third kappa shape index (κ3) is 4.10. The minimum absolute atomic E-state index is 0.895. The monoisotopic (exact) mass is 225 g/mol. The Bertz CT molecular complexity index is 291. The number of nitrogens with zero attached hydrogens (tertiary/aromatic N) is 2. The van der Waals surface area contributed by atoms with Gasteiger partial charge in [-0.1, -0.05) is 0 Å². The molecule has 15 heavy (non-hydrogen) atoms. The standard InChI is InChI=1S/C11H19N3S/c1-12-9-10-4-5-13-11(8-10)14(2)6-7-15-3/h4-5,8,12H,6-7,9H2,1-3H3. The molecule has 0 aromatic carbocycles. The topological polar surface area (TPSA) is 28.2 Å². The van der Waals surface area contributed by atoms with Crippen LogP contribution in [-0.4, -0.2) is 37.6 Å². The molecule has 0 saturated heterocycles. The molecule has 0 spiro atoms. The highest BCUT2D eigenvalue weighted by Crippen LogP contribution is 2.11. The summed E-state index contributed by atoms with van der Waals surface area (Å²) in [6, 6.07) is 4.18. The quantitative estimate of drug-likeness (QED) is 0.796. The number of aromatic nitrogens is 1. The molecule has 3 nitrogen and oxygen atoms in total. The normalized spacial score (nSPS) is 10.3. The van der Waals surface area contributed by atoms with Gasteiger partial charge in [-0.05, 0) is 31.0 Å². The second kappa shape index (κ2) is 6.69. The van der Waals surface area contributed by atoms with E-state index in [1.54, 1.807) is 0 Å². The van der Waals surface area contributed by atoms with E-state index in [0.29, 0.717) is 0 Å². The van der Waals surface area contributed by atoms with Crippen LogP contribution >= 0.6 is 11.8 Å². The van der Waals surface area contributed by atoms with Crippen LogP contribution in [0.15, 0.2) is 18.3 Å². The van der Waals surface area contributed by atoms with Gasteiger partial charge in [0.15, 0.2) is 0 Å². The highest BCUT2D eigenvalue weighted by atomic mass is 32.2. The first-order valence-electron chi connectivity index (χ1n) is 5.07. The summed E-state index contributed by atoms with van der Waals surface area (Å²) in [4.78, 5) is 6.55. The third-order valence-electron chi connectivity index (χ3n) is 2.21. The van der Waals surface area contributed by atoms with E-state index < -0.39 is 0 Å². The molecule has 0 bridgehead atoms. The van der Waals surface area contributed by atoms with Gasteiger partial charge < -0.3 is 10.2 Å². The summed E-state index contributed by atoms with van der Waals surface area (Å²) in [6.07, 6.45) is 4.00. The average molecular weight is 225 g/mol. The molecule has 0 aliphatic carbocycles. The fraction of sp³-hybridized carbons (Fsp3) is 0.545. The molecule has 0 atom stereocenters. The second-order valence-corrected chi connectivity index (χ2v) is 4.45. The SMILES string of the molecule is CNCc1ccnc(N(C)CCSC)c1. The van der Waals surface area contributed by atoms with Crippen molar-refractivity contribution in [3.8, 4) is 0 Å². The first-order valence-corrected chi connectivity index (χ1v) is 6.47. The lowest BCUT2D eigenvalue weighted by molar-refractivity contribution is 0.813. The molecule has 0 aliphatic heterocycles. The lowest BCUT2D eigenvalue weighted by atomic mass is 10.2. The van der Waals surface area contributed by atoms with E-state index in [-0.39, 0.29) is 0 Å². The summed E-state index contributed by atoms with van der Waals surface area (Å²) in [5, 5.41) is 3.14. The van der Waals surface area contributed by atoms with Gasteiger partial charge in [-0.3, -0.25) is 0 Å². The van der Waals surface area contributed by atoms with Gasteiger partial charge in [0.05, 0.1) is 0 Å². The average Bonchev–Trinajstić information content (AvgIpc) is 2.27. The first kappa shape index (κ1) is 12.3. The van der Waals surface area contributed by atoms with E-state index in [9.17, 15) is 0 Å². The van der Waals surface area contributed by atoms with E-state index in [2.05, 4.69) is 34.6 Å². The van der Waals surface area contributed by atoms with E-state index in [1.165, 1.54) is 5.56 Å². The maximum absolute atomic E-state index is 4.36. The molecule has 0 saturated carbocycles. The van der Waals surface area contributed by atoms with Crippen LogP contribution in [-0.2, 0) is 6.54 Å². The largest absolute Gasteiger partial charge is 0.359 e. The molecule has 1 rings (SSSR count). The van der Waals surface area contributed by atoms with Crippen LogP contribution in [0.5, 0.6) is 0 Å². The lowest BCUT2D eigenvalue weighted by Gasteiger charge is -2.18. The number of hydrogen-bond acceptors (Lipinski definition) is 4. The highest BCUT2D eigenvalue weighted by molar-refractivity contribution is 7.98. The van der Waals surface area contributed by atoms with E-state index in [4.69, 9.17) is 0 Å². The van der Waals surface area contributed by atoms with Gasteiger partial charge >= 0.3 is 0 Å². The van der Waals surface area contributed by atoms with Crippen LogP contribution in [0.4, 0.5) is 5.82 Å². The molecule has 0 amide bonds. The first-order chi connectivity index (χ1) is 7.27. The lowest BCUT2D eigenvalue weighted by Crippen LogP contribution is -2.21. The van der Waals surface area contributed by atoms with Crippen molar-refractivity contribution in [2.75, 3.05) is 37.5 Å². The summed E-state index contributed by atoms with van der Waals surface area (Å²) in [6.45, 7) is 1.93. The van der Waals surface area contributed by atoms with Gasteiger partial charge in [-0.2, -0.15) is 11.8 Å². The summed E-state index contributed by atoms with van der Waals surface area (Å²) < 4.78 is 0. The maximum Gasteiger partial charge on any atom is 0.128 e. The Morgan fingerprint density at radius 1 is 1.53 bits per heavy atom. The Morgan fingerprint density at radius 2 is 2.33 bits per heavy atom. The molecule has 0 unspecified atom stereocenters. The molecule has 4 heteroatoms. The summed E-state index contributed by atoms with van der Waals surface area (Å²) >= 11 is 1.86. The third-order valence-corrected chi connectivity index (χ3v) is 2.80. The Hall–Kier alpha value is -0.740. The number of thioether (sulfide) groups is 1. The minimum Gasteiger partial charge on any atom is -0.359 e. The molecule has 1 heterocycles. The summed E-state index contributed by atoms with van der Waals surface area (Å²) in [5.74, 6) is 2.19. The van der Waals surface area contributed by atoms with Gasteiger partial charge in [0.1, 0.15) is 5.82 Å². The smallest absolute Gasteiger partial charge is 0.128 e. The number of hydrogen-bond donors (Lipinski definition) is 1. The fourth-order valence-corrected chi connectivity index (χ4v) is 1.78. The van der Waals surface area contributed by atoms with Crippen molar-refractivity contribution in [2.24, 2.45) is 0 Å². The molecule has 1 aromatic rings. The van der Waals surface area contributed by atoms with Crippen molar-refractivity contribution in [3.63, 3.8) is 0 Å². The van der Waals surface area contributed by atoms with E-state index >= 15 is 0 Å². The van der Waals surface area contributed by atoms with Crippen LogP contribution in [0.1, 0.15) is 5.56 Å². The van der Waals surface area contributed by atoms with Crippen LogP contribution in [0, 0.1) is 0 Å². The van der Waals surface area contributed by atoms with Crippen molar-refractivity contribution in [3.05, 3.63) is 23.9 Å². The summed E-state index contributed by atoms with van der Waals surface area (Å²) in [7, 11) is 4.04. The van der Waals surface area contributed by atoms with Crippen molar-refractivity contribution in [1.29, 1.82) is 0 Å². The van der Waals surface area contributed by atoms with Gasteiger partial charge in [0.25, 0.3) is 0 Å². The number of pyridine rings is 1. The molecule has 0 fully saturated rings. The zero-order valence-corrected chi connectivity index (χ0v) is 10.5. The van der Waals surface area contributed by atoms with Gasteiger partial charge in [0, 0.05) is 32.1 Å². The zero-order chi connectivity index (χ0) is 11.1. The van der Waals surface area contributed by atoms with Gasteiger partial charge in [0.2, 0.25) is 0 Å². The maximum atomic E-state index is 4.36. The van der Waals surface area contributed by atoms with Crippen molar-refractivity contribution in [2.45, 2.75) is 6.54 Å². The number of nitrogens with one attached hydrogen (secondary N) is 1. The second-order valence-electron chi connectivity index (χ2n) is 3.47. The van der Waals surface area contributed by atoms with E-state index in [0.717, 1.165) is 24.7 Å². The molecule has 84 valence electrons. The Morgan fingerprint density at radius 3 is 3.00 bits per heavy atom. The molecule has 0 radical (unpaired) electrons. The number of rotatable bonds is 6. The molecule has 1 N–H and O–H groups in total. The van der Waals surface area contributed by atoms with E-state index in [1.807, 2.05) is 31.1 Å². The van der Waals surface area contributed by atoms with Gasteiger partial charge in [-0.15, -0.1) is 0 Å². The van der Waals surface area contributed by atoms with Gasteiger partial charge in [-0.25, -0.2) is 4.98 Å². The highest BCUT2D eigenvalue weighted by Gasteiger charge is 2.02. The Labute approximate surface area is 96.3 Å². The zero-order valence-electron chi connectivity index (χ0n) is 9.66. The van der Waals surface area contributed by atoms with Crippen LogP contribution < -0.4 is 10.2 Å². The molecule has 1 aromatic heterocycles.